The number of rotatable bonds is 4. The molecule has 2 heteroatoms. The highest BCUT2D eigenvalue weighted by Crippen LogP contribution is 2.37. The molecule has 0 atom stereocenters. The number of aryl methyl sites for hydroxylation is 1. The number of hydrogen-bond donors (Lipinski definition) is 0. The van der Waals surface area contributed by atoms with E-state index in [0.29, 0.717) is 5.92 Å². The highest BCUT2D eigenvalue weighted by Gasteiger charge is 2.15. The summed E-state index contributed by atoms with van der Waals surface area (Å²) in [6.07, 6.45) is 3.04. The van der Waals surface area contributed by atoms with Crippen LogP contribution in [-0.2, 0) is 6.42 Å². The maximum absolute atomic E-state index is 6.41. The predicted octanol–water partition coefficient (Wildman–Crippen LogP) is 7.82. The molecule has 0 aliphatic rings. The van der Waals surface area contributed by atoms with E-state index in [2.05, 4.69) is 87.5 Å². The molecule has 5 aromatic rings. The van der Waals surface area contributed by atoms with Gasteiger partial charge in [0.25, 0.3) is 0 Å². The maximum atomic E-state index is 6.41. The summed E-state index contributed by atoms with van der Waals surface area (Å²) in [5.74, 6) is 0.609. The smallest absolute Gasteiger partial charge is 0.144 e. The van der Waals surface area contributed by atoms with E-state index in [1.54, 1.807) is 0 Å². The lowest BCUT2D eigenvalue weighted by molar-refractivity contribution is 0.644. The zero-order valence-electron chi connectivity index (χ0n) is 17.6. The topological polar surface area (TPSA) is 26.0 Å². The third-order valence-corrected chi connectivity index (χ3v) is 5.72. The molecule has 30 heavy (non-hydrogen) atoms. The van der Waals surface area contributed by atoms with Gasteiger partial charge < -0.3 is 4.42 Å². The van der Waals surface area contributed by atoms with E-state index in [9.17, 15) is 0 Å². The summed E-state index contributed by atoms with van der Waals surface area (Å²) in [5, 5.41) is 2.27. The normalized spacial score (nSPS) is 11.6. The van der Waals surface area contributed by atoms with Crippen LogP contribution in [0.25, 0.3) is 44.3 Å². The van der Waals surface area contributed by atoms with Gasteiger partial charge in [0, 0.05) is 22.5 Å². The van der Waals surface area contributed by atoms with Gasteiger partial charge in [0.1, 0.15) is 11.2 Å². The number of para-hydroxylation sites is 1. The Kier molecular flexibility index (Phi) is 4.63. The lowest BCUT2D eigenvalue weighted by atomic mass is 9.97. The Bertz CT molecular complexity index is 1350. The quantitative estimate of drug-likeness (QED) is 0.312. The number of aromatic nitrogens is 1. The van der Waals surface area contributed by atoms with Gasteiger partial charge >= 0.3 is 0 Å². The lowest BCUT2D eigenvalue weighted by Crippen LogP contribution is -1.99. The second kappa shape index (κ2) is 7.46. The molecule has 0 saturated carbocycles. The fraction of sp³-hybridized carbons (Fsp3) is 0.179. The Morgan fingerprint density at radius 2 is 1.67 bits per heavy atom. The summed E-state index contributed by atoms with van der Waals surface area (Å²) in [4.78, 5) is 4.74. The number of nitrogens with zero attached hydrogens (tertiary/aromatic N) is 1. The third-order valence-electron chi connectivity index (χ3n) is 5.72. The van der Waals surface area contributed by atoms with Crippen molar-refractivity contribution in [1.82, 2.24) is 4.98 Å². The van der Waals surface area contributed by atoms with Crippen LogP contribution in [0.5, 0.6) is 0 Å². The molecule has 148 valence electrons. The second-order valence-corrected chi connectivity index (χ2v) is 8.46. The molecule has 0 aliphatic heterocycles. The van der Waals surface area contributed by atoms with Gasteiger partial charge in [-0.2, -0.15) is 0 Å². The van der Waals surface area contributed by atoms with Crippen molar-refractivity contribution in [2.45, 2.75) is 27.2 Å². The SMILES string of the molecule is Cc1cnc(-c2cccc3c2oc2cc(-c4ccccc4)ccc23)cc1CC(C)C. The summed E-state index contributed by atoms with van der Waals surface area (Å²) < 4.78 is 6.41. The van der Waals surface area contributed by atoms with Crippen molar-refractivity contribution >= 4 is 21.9 Å². The van der Waals surface area contributed by atoms with Crippen molar-refractivity contribution in [3.05, 3.63) is 90.1 Å². The molecule has 2 aromatic heterocycles. The number of furan rings is 1. The van der Waals surface area contributed by atoms with Crippen LogP contribution in [0.2, 0.25) is 0 Å². The minimum Gasteiger partial charge on any atom is -0.455 e. The number of fused-ring (bicyclic) bond motifs is 3. The van der Waals surface area contributed by atoms with Gasteiger partial charge in [-0.05, 0) is 65.8 Å². The summed E-state index contributed by atoms with van der Waals surface area (Å²) in [6.45, 7) is 6.65. The molecule has 0 amide bonds. The first-order valence-corrected chi connectivity index (χ1v) is 10.6. The zero-order chi connectivity index (χ0) is 20.7. The van der Waals surface area contributed by atoms with Gasteiger partial charge in [-0.25, -0.2) is 0 Å². The molecule has 3 aromatic carbocycles. The number of pyridine rings is 1. The Morgan fingerprint density at radius 1 is 0.833 bits per heavy atom. The molecule has 5 rings (SSSR count). The Hall–Kier alpha value is -3.39. The van der Waals surface area contributed by atoms with Gasteiger partial charge in [0.15, 0.2) is 0 Å². The molecule has 0 N–H and O–H groups in total. The summed E-state index contributed by atoms with van der Waals surface area (Å²) >= 11 is 0. The lowest BCUT2D eigenvalue weighted by Gasteiger charge is -2.10. The minimum absolute atomic E-state index is 0.609. The molecule has 0 radical (unpaired) electrons. The fourth-order valence-electron chi connectivity index (χ4n) is 4.18. The monoisotopic (exact) mass is 391 g/mol. The van der Waals surface area contributed by atoms with Crippen LogP contribution in [0, 0.1) is 12.8 Å². The Morgan fingerprint density at radius 3 is 2.47 bits per heavy atom. The van der Waals surface area contributed by atoms with E-state index >= 15 is 0 Å². The molecule has 0 spiro atoms. The van der Waals surface area contributed by atoms with E-state index in [0.717, 1.165) is 45.2 Å². The Labute approximate surface area is 177 Å². The molecular weight excluding hydrogens is 366 g/mol. The van der Waals surface area contributed by atoms with Crippen molar-refractivity contribution in [1.29, 1.82) is 0 Å². The molecule has 0 bridgehead atoms. The van der Waals surface area contributed by atoms with Gasteiger partial charge in [0.2, 0.25) is 0 Å². The minimum atomic E-state index is 0.609. The van der Waals surface area contributed by atoms with Gasteiger partial charge in [-0.1, -0.05) is 62.4 Å². The molecule has 0 saturated heterocycles. The van der Waals surface area contributed by atoms with Crippen LogP contribution >= 0.6 is 0 Å². The molecule has 0 aliphatic carbocycles. The highest BCUT2D eigenvalue weighted by atomic mass is 16.3. The first-order valence-electron chi connectivity index (χ1n) is 10.6. The van der Waals surface area contributed by atoms with Crippen molar-refractivity contribution in [2.24, 2.45) is 5.92 Å². The molecule has 0 fully saturated rings. The van der Waals surface area contributed by atoms with Gasteiger partial charge in [0.05, 0.1) is 5.69 Å². The van der Waals surface area contributed by atoms with Crippen LogP contribution in [0.3, 0.4) is 0 Å². The van der Waals surface area contributed by atoms with Crippen molar-refractivity contribution < 1.29 is 4.42 Å². The summed E-state index contributed by atoms with van der Waals surface area (Å²) in [7, 11) is 0. The third kappa shape index (κ3) is 3.29. The maximum Gasteiger partial charge on any atom is 0.144 e. The molecule has 0 unspecified atom stereocenters. The molecule has 2 nitrogen and oxygen atoms in total. The standard InChI is InChI=1S/C28H25NO/c1-18(2)14-22-15-26(29-17-19(22)3)25-11-7-10-24-23-13-12-21(16-27(23)30-28(24)25)20-8-5-4-6-9-20/h4-13,15-18H,14H2,1-3H3. The van der Waals surface area contributed by atoms with E-state index in [1.165, 1.54) is 16.7 Å². The van der Waals surface area contributed by atoms with Gasteiger partial charge in [-0.3, -0.25) is 4.98 Å². The summed E-state index contributed by atoms with van der Waals surface area (Å²) in [5.41, 5.74) is 8.80. The van der Waals surface area contributed by atoms with E-state index in [1.807, 2.05) is 12.3 Å². The predicted molar refractivity (Wildman–Crippen MR) is 126 cm³/mol. The average molecular weight is 392 g/mol. The van der Waals surface area contributed by atoms with Crippen LogP contribution < -0.4 is 0 Å². The van der Waals surface area contributed by atoms with Gasteiger partial charge in [-0.15, -0.1) is 0 Å². The number of hydrogen-bond acceptors (Lipinski definition) is 2. The van der Waals surface area contributed by atoms with Crippen molar-refractivity contribution in [2.75, 3.05) is 0 Å². The van der Waals surface area contributed by atoms with Crippen LogP contribution in [0.15, 0.2) is 83.4 Å². The Balaban J connectivity index is 1.67. The van der Waals surface area contributed by atoms with E-state index < -0.39 is 0 Å². The van der Waals surface area contributed by atoms with Crippen LogP contribution in [0.1, 0.15) is 25.0 Å². The number of benzene rings is 3. The first-order chi connectivity index (χ1) is 14.6. The highest BCUT2D eigenvalue weighted by molar-refractivity contribution is 6.10. The fourth-order valence-corrected chi connectivity index (χ4v) is 4.18. The molecular formula is C28H25NO. The van der Waals surface area contributed by atoms with Crippen LogP contribution in [-0.4, -0.2) is 4.98 Å². The zero-order valence-corrected chi connectivity index (χ0v) is 17.6. The van der Waals surface area contributed by atoms with Crippen LogP contribution in [0.4, 0.5) is 0 Å². The van der Waals surface area contributed by atoms with Crippen molar-refractivity contribution in [3.63, 3.8) is 0 Å². The second-order valence-electron chi connectivity index (χ2n) is 8.46. The summed E-state index contributed by atoms with van der Waals surface area (Å²) in [6, 6.07) is 25.5. The average Bonchev–Trinajstić information content (AvgIpc) is 3.13. The van der Waals surface area contributed by atoms with E-state index in [-0.39, 0.29) is 0 Å². The van der Waals surface area contributed by atoms with E-state index in [4.69, 9.17) is 9.40 Å². The van der Waals surface area contributed by atoms with Crippen molar-refractivity contribution in [3.8, 4) is 22.4 Å². The largest absolute Gasteiger partial charge is 0.455 e. The molecule has 2 heterocycles. The first kappa shape index (κ1) is 18.6.